The van der Waals surface area contributed by atoms with Crippen molar-refractivity contribution in [3.05, 3.63) is 35.9 Å². The summed E-state index contributed by atoms with van der Waals surface area (Å²) in [6, 6.07) is 12.4. The number of nitrogens with one attached hydrogen (secondary N) is 1. The van der Waals surface area contributed by atoms with Crippen LogP contribution in [0.1, 0.15) is 51.0 Å². The van der Waals surface area contributed by atoms with E-state index in [0.29, 0.717) is 18.0 Å². The molecule has 1 aliphatic carbocycles. The second-order valence-corrected chi connectivity index (χ2v) is 7.14. The molecule has 0 aliphatic heterocycles. The SMILES string of the molecule is CC(C)C(CNC1CCC(c2ccccc2)CC1)N(C)C. The molecule has 0 bridgehead atoms. The van der Waals surface area contributed by atoms with Crippen molar-refractivity contribution in [2.45, 2.75) is 57.5 Å². The van der Waals surface area contributed by atoms with Crippen LogP contribution < -0.4 is 5.32 Å². The minimum absolute atomic E-state index is 0.636. The minimum atomic E-state index is 0.636. The van der Waals surface area contributed by atoms with Gasteiger partial charge in [0.15, 0.2) is 0 Å². The zero-order valence-electron chi connectivity index (χ0n) is 14.2. The van der Waals surface area contributed by atoms with Crippen LogP contribution in [0.2, 0.25) is 0 Å². The fourth-order valence-electron chi connectivity index (χ4n) is 3.66. The Morgan fingerprint density at radius 1 is 1.05 bits per heavy atom. The number of nitrogens with zero attached hydrogens (tertiary/aromatic N) is 1. The van der Waals surface area contributed by atoms with Gasteiger partial charge in [-0.3, -0.25) is 0 Å². The first kappa shape index (κ1) is 16.5. The van der Waals surface area contributed by atoms with Crippen molar-refractivity contribution >= 4 is 0 Å². The average molecular weight is 288 g/mol. The Labute approximate surface area is 130 Å². The van der Waals surface area contributed by atoms with Crippen molar-refractivity contribution in [2.24, 2.45) is 5.92 Å². The summed E-state index contributed by atoms with van der Waals surface area (Å²) in [5, 5.41) is 3.81. The molecule has 1 unspecified atom stereocenters. The maximum Gasteiger partial charge on any atom is 0.0237 e. The number of likely N-dealkylation sites (N-methyl/N-ethyl adjacent to an activating group) is 1. The van der Waals surface area contributed by atoms with E-state index in [1.54, 1.807) is 0 Å². The summed E-state index contributed by atoms with van der Waals surface area (Å²) in [5.74, 6) is 1.48. The molecule has 0 saturated heterocycles. The zero-order chi connectivity index (χ0) is 15.2. The lowest BCUT2D eigenvalue weighted by Gasteiger charge is -2.33. The standard InChI is InChI=1S/C19H32N2/c1-15(2)19(21(3)4)14-20-18-12-10-17(11-13-18)16-8-6-5-7-9-16/h5-9,15,17-20H,10-14H2,1-4H3. The van der Waals surface area contributed by atoms with Crippen LogP contribution in [0.4, 0.5) is 0 Å². The van der Waals surface area contributed by atoms with Crippen LogP contribution in [0, 0.1) is 5.92 Å². The quantitative estimate of drug-likeness (QED) is 0.854. The first-order chi connectivity index (χ1) is 10.1. The summed E-state index contributed by atoms with van der Waals surface area (Å²) in [4.78, 5) is 2.35. The minimum Gasteiger partial charge on any atom is -0.312 e. The first-order valence-electron chi connectivity index (χ1n) is 8.52. The fourth-order valence-corrected chi connectivity index (χ4v) is 3.66. The lowest BCUT2D eigenvalue weighted by Crippen LogP contribution is -2.45. The van der Waals surface area contributed by atoms with E-state index in [9.17, 15) is 0 Å². The largest absolute Gasteiger partial charge is 0.312 e. The van der Waals surface area contributed by atoms with Gasteiger partial charge in [0.1, 0.15) is 0 Å². The molecular formula is C19H32N2. The number of hydrogen-bond donors (Lipinski definition) is 1. The third-order valence-electron chi connectivity index (χ3n) is 5.05. The molecule has 0 spiro atoms. The molecule has 0 aromatic heterocycles. The molecule has 1 atom stereocenters. The lowest BCUT2D eigenvalue weighted by atomic mass is 9.81. The molecule has 1 N–H and O–H groups in total. The van der Waals surface area contributed by atoms with Crippen LogP contribution in [0.3, 0.4) is 0 Å². The highest BCUT2D eigenvalue weighted by atomic mass is 15.1. The number of hydrogen-bond acceptors (Lipinski definition) is 2. The molecule has 2 heteroatoms. The van der Waals surface area contributed by atoms with Gasteiger partial charge in [-0.25, -0.2) is 0 Å². The van der Waals surface area contributed by atoms with Crippen LogP contribution in [0.15, 0.2) is 30.3 Å². The molecule has 0 amide bonds. The highest BCUT2D eigenvalue weighted by Crippen LogP contribution is 2.32. The third kappa shape index (κ3) is 4.82. The summed E-state index contributed by atoms with van der Waals surface area (Å²) in [7, 11) is 4.39. The van der Waals surface area contributed by atoms with E-state index in [1.165, 1.54) is 31.2 Å². The first-order valence-corrected chi connectivity index (χ1v) is 8.52. The van der Waals surface area contributed by atoms with Crippen LogP contribution in [0.25, 0.3) is 0 Å². The van der Waals surface area contributed by atoms with Crippen LogP contribution in [0.5, 0.6) is 0 Å². The second-order valence-electron chi connectivity index (χ2n) is 7.14. The number of benzene rings is 1. The van der Waals surface area contributed by atoms with E-state index >= 15 is 0 Å². The van der Waals surface area contributed by atoms with Crippen molar-refractivity contribution in [3.8, 4) is 0 Å². The third-order valence-corrected chi connectivity index (χ3v) is 5.05. The van der Waals surface area contributed by atoms with Crippen molar-refractivity contribution in [1.29, 1.82) is 0 Å². The molecule has 0 heterocycles. The molecule has 1 fully saturated rings. The Bertz CT molecular complexity index is 383. The van der Waals surface area contributed by atoms with Gasteiger partial charge in [-0.05, 0) is 57.2 Å². The molecule has 118 valence electrons. The van der Waals surface area contributed by atoms with Gasteiger partial charge in [-0.1, -0.05) is 44.2 Å². The highest BCUT2D eigenvalue weighted by molar-refractivity contribution is 5.20. The molecule has 21 heavy (non-hydrogen) atoms. The van der Waals surface area contributed by atoms with Crippen LogP contribution >= 0.6 is 0 Å². The van der Waals surface area contributed by atoms with Crippen molar-refractivity contribution in [1.82, 2.24) is 10.2 Å². The highest BCUT2D eigenvalue weighted by Gasteiger charge is 2.23. The summed E-state index contributed by atoms with van der Waals surface area (Å²) in [5.41, 5.74) is 1.53. The van der Waals surface area contributed by atoms with Crippen molar-refractivity contribution < 1.29 is 0 Å². The maximum atomic E-state index is 3.81. The van der Waals surface area contributed by atoms with Crippen molar-refractivity contribution in [2.75, 3.05) is 20.6 Å². The zero-order valence-corrected chi connectivity index (χ0v) is 14.2. The normalized spacial score (nSPS) is 24.5. The van der Waals surface area contributed by atoms with E-state index < -0.39 is 0 Å². The number of rotatable bonds is 6. The van der Waals surface area contributed by atoms with Crippen molar-refractivity contribution in [3.63, 3.8) is 0 Å². The van der Waals surface area contributed by atoms with Gasteiger partial charge in [-0.2, -0.15) is 0 Å². The molecule has 2 rings (SSSR count). The smallest absolute Gasteiger partial charge is 0.0237 e. The molecular weight excluding hydrogens is 256 g/mol. The Morgan fingerprint density at radius 3 is 2.19 bits per heavy atom. The summed E-state index contributed by atoms with van der Waals surface area (Å²) < 4.78 is 0. The van der Waals surface area contributed by atoms with Gasteiger partial charge < -0.3 is 10.2 Å². The monoisotopic (exact) mass is 288 g/mol. The lowest BCUT2D eigenvalue weighted by molar-refractivity contribution is 0.210. The Balaban J connectivity index is 1.77. The van der Waals surface area contributed by atoms with Gasteiger partial charge in [-0.15, -0.1) is 0 Å². The Morgan fingerprint density at radius 2 is 1.67 bits per heavy atom. The predicted octanol–water partition coefficient (Wildman–Crippen LogP) is 3.89. The summed E-state index contributed by atoms with van der Waals surface area (Å²) in [6.07, 6.45) is 5.29. The maximum absolute atomic E-state index is 3.81. The Hall–Kier alpha value is -0.860. The topological polar surface area (TPSA) is 15.3 Å². The van der Waals surface area contributed by atoms with Gasteiger partial charge in [0.05, 0.1) is 0 Å². The Kier molecular flexibility index (Phi) is 6.25. The summed E-state index contributed by atoms with van der Waals surface area (Å²) >= 11 is 0. The van der Waals surface area contributed by atoms with Gasteiger partial charge >= 0.3 is 0 Å². The average Bonchev–Trinajstić information content (AvgIpc) is 2.48. The molecule has 0 radical (unpaired) electrons. The second kappa shape index (κ2) is 7.95. The van der Waals surface area contributed by atoms with Crippen LogP contribution in [-0.2, 0) is 0 Å². The van der Waals surface area contributed by atoms with E-state index in [4.69, 9.17) is 0 Å². The molecule has 1 aromatic carbocycles. The van der Waals surface area contributed by atoms with E-state index in [1.807, 2.05) is 0 Å². The van der Waals surface area contributed by atoms with E-state index in [-0.39, 0.29) is 0 Å². The van der Waals surface area contributed by atoms with Crippen LogP contribution in [-0.4, -0.2) is 37.6 Å². The molecule has 2 nitrogen and oxygen atoms in total. The summed E-state index contributed by atoms with van der Waals surface area (Å²) in [6.45, 7) is 5.75. The van der Waals surface area contributed by atoms with E-state index in [0.717, 1.165) is 12.5 Å². The predicted molar refractivity (Wildman–Crippen MR) is 91.8 cm³/mol. The van der Waals surface area contributed by atoms with Gasteiger partial charge in [0.2, 0.25) is 0 Å². The van der Waals surface area contributed by atoms with E-state index in [2.05, 4.69) is 68.5 Å². The molecule has 1 aromatic rings. The van der Waals surface area contributed by atoms with Gasteiger partial charge in [0, 0.05) is 18.6 Å². The van der Waals surface area contributed by atoms with Gasteiger partial charge in [0.25, 0.3) is 0 Å². The molecule has 1 saturated carbocycles. The molecule has 1 aliphatic rings. The fraction of sp³-hybridized carbons (Fsp3) is 0.684.